The first kappa shape index (κ1) is 10.4. The quantitative estimate of drug-likeness (QED) is 0.624. The summed E-state index contributed by atoms with van der Waals surface area (Å²) in [5.41, 5.74) is 0. The van der Waals surface area contributed by atoms with Gasteiger partial charge in [-0.05, 0) is 19.9 Å². The van der Waals surface area contributed by atoms with Crippen molar-refractivity contribution in [2.75, 3.05) is 7.11 Å². The van der Waals surface area contributed by atoms with Crippen LogP contribution in [0.5, 0.6) is 0 Å². The van der Waals surface area contributed by atoms with Crippen LogP contribution < -0.4 is 0 Å². The molecular weight excluding hydrogens is 168 g/mol. The van der Waals surface area contributed by atoms with Gasteiger partial charge < -0.3 is 9.47 Å². The molecule has 1 aliphatic rings. The molecule has 74 valence electrons. The van der Waals surface area contributed by atoms with Crippen molar-refractivity contribution in [1.29, 1.82) is 0 Å². The predicted octanol–water partition coefficient (Wildman–Crippen LogP) is 1.53. The third-order valence-electron chi connectivity index (χ3n) is 2.30. The SMILES string of the molecule is COC(C)(C)O[C@H]1C=CC(=O)[C@@H]1C. The van der Waals surface area contributed by atoms with E-state index in [1.54, 1.807) is 19.3 Å². The van der Waals surface area contributed by atoms with E-state index in [1.807, 2.05) is 20.8 Å². The standard InChI is InChI=1S/C10H16O3/c1-7-8(11)5-6-9(7)13-10(2,3)12-4/h5-7,9H,1-4H3/t7-,9-/m0/s1. The Balaban J connectivity index is 2.56. The predicted molar refractivity (Wildman–Crippen MR) is 49.3 cm³/mol. The average Bonchev–Trinajstić information content (AvgIpc) is 2.36. The van der Waals surface area contributed by atoms with E-state index in [9.17, 15) is 4.79 Å². The van der Waals surface area contributed by atoms with Crippen LogP contribution in [0, 0.1) is 5.92 Å². The fourth-order valence-electron chi connectivity index (χ4n) is 1.19. The molecule has 0 amide bonds. The number of allylic oxidation sites excluding steroid dienone is 1. The molecule has 0 N–H and O–H groups in total. The fraction of sp³-hybridized carbons (Fsp3) is 0.700. The Hall–Kier alpha value is -0.670. The van der Waals surface area contributed by atoms with Crippen molar-refractivity contribution in [3.8, 4) is 0 Å². The van der Waals surface area contributed by atoms with Crippen molar-refractivity contribution in [3.05, 3.63) is 12.2 Å². The second kappa shape index (κ2) is 3.60. The molecule has 2 atom stereocenters. The lowest BCUT2D eigenvalue weighted by Crippen LogP contribution is -2.34. The topological polar surface area (TPSA) is 35.5 Å². The highest BCUT2D eigenvalue weighted by molar-refractivity contribution is 5.94. The van der Waals surface area contributed by atoms with Crippen LogP contribution in [0.2, 0.25) is 0 Å². The maximum Gasteiger partial charge on any atom is 0.163 e. The van der Waals surface area contributed by atoms with Crippen molar-refractivity contribution < 1.29 is 14.3 Å². The molecule has 0 unspecified atom stereocenters. The van der Waals surface area contributed by atoms with Crippen molar-refractivity contribution in [2.24, 2.45) is 5.92 Å². The highest BCUT2D eigenvalue weighted by Gasteiger charge is 2.31. The molecule has 0 saturated carbocycles. The van der Waals surface area contributed by atoms with E-state index in [0.29, 0.717) is 0 Å². The van der Waals surface area contributed by atoms with Crippen LogP contribution in [0.4, 0.5) is 0 Å². The van der Waals surface area contributed by atoms with Gasteiger partial charge in [-0.1, -0.05) is 13.0 Å². The molecule has 1 aliphatic carbocycles. The molecule has 0 aromatic heterocycles. The van der Waals surface area contributed by atoms with Gasteiger partial charge in [-0.2, -0.15) is 0 Å². The number of carbonyl (C=O) groups is 1. The lowest BCUT2D eigenvalue weighted by Gasteiger charge is -2.28. The zero-order valence-corrected chi connectivity index (χ0v) is 8.53. The number of ether oxygens (including phenoxy) is 2. The number of ketones is 1. The minimum atomic E-state index is -0.631. The molecule has 1 rings (SSSR count). The van der Waals surface area contributed by atoms with Crippen LogP contribution in [-0.4, -0.2) is 24.8 Å². The molecule has 13 heavy (non-hydrogen) atoms. The first-order valence-corrected chi connectivity index (χ1v) is 4.41. The Morgan fingerprint density at radius 3 is 2.46 bits per heavy atom. The van der Waals surface area contributed by atoms with E-state index in [4.69, 9.17) is 9.47 Å². The van der Waals surface area contributed by atoms with Crippen molar-refractivity contribution in [1.82, 2.24) is 0 Å². The van der Waals surface area contributed by atoms with Gasteiger partial charge in [-0.3, -0.25) is 4.79 Å². The Morgan fingerprint density at radius 1 is 1.46 bits per heavy atom. The highest BCUT2D eigenvalue weighted by Crippen LogP contribution is 2.23. The second-order valence-electron chi connectivity index (χ2n) is 3.74. The summed E-state index contributed by atoms with van der Waals surface area (Å²) >= 11 is 0. The van der Waals surface area contributed by atoms with E-state index in [0.717, 1.165) is 0 Å². The van der Waals surface area contributed by atoms with Gasteiger partial charge in [0.1, 0.15) is 0 Å². The van der Waals surface area contributed by atoms with Crippen molar-refractivity contribution in [3.63, 3.8) is 0 Å². The number of hydrogen-bond acceptors (Lipinski definition) is 3. The largest absolute Gasteiger partial charge is 0.354 e. The number of hydrogen-bond donors (Lipinski definition) is 0. The summed E-state index contributed by atoms with van der Waals surface area (Å²) in [5, 5.41) is 0. The first-order chi connectivity index (χ1) is 5.96. The number of methoxy groups -OCH3 is 1. The van der Waals surface area contributed by atoms with Crippen LogP contribution in [0.3, 0.4) is 0 Å². The van der Waals surface area contributed by atoms with E-state index in [1.165, 1.54) is 0 Å². The molecule has 0 saturated heterocycles. The maximum absolute atomic E-state index is 11.2. The van der Waals surface area contributed by atoms with Crippen molar-refractivity contribution >= 4 is 5.78 Å². The van der Waals surface area contributed by atoms with Gasteiger partial charge >= 0.3 is 0 Å². The van der Waals surface area contributed by atoms with Gasteiger partial charge in [0.2, 0.25) is 0 Å². The van der Waals surface area contributed by atoms with Crippen LogP contribution in [0.25, 0.3) is 0 Å². The summed E-state index contributed by atoms with van der Waals surface area (Å²) in [6, 6.07) is 0. The normalized spacial score (nSPS) is 28.5. The molecule has 0 heterocycles. The van der Waals surface area contributed by atoms with Gasteiger partial charge in [-0.15, -0.1) is 0 Å². The lowest BCUT2D eigenvalue weighted by molar-refractivity contribution is -0.219. The molecule has 0 aromatic carbocycles. The smallest absolute Gasteiger partial charge is 0.163 e. The zero-order valence-electron chi connectivity index (χ0n) is 8.53. The summed E-state index contributed by atoms with van der Waals surface area (Å²) in [7, 11) is 1.59. The third kappa shape index (κ3) is 2.39. The molecule has 0 fully saturated rings. The molecule has 0 aromatic rings. The van der Waals surface area contributed by atoms with Gasteiger partial charge in [-0.25, -0.2) is 0 Å². The molecular formula is C10H16O3. The minimum absolute atomic E-state index is 0.0885. The highest BCUT2D eigenvalue weighted by atomic mass is 16.7. The zero-order chi connectivity index (χ0) is 10.1. The van der Waals surface area contributed by atoms with Gasteiger partial charge in [0.15, 0.2) is 11.6 Å². The second-order valence-corrected chi connectivity index (χ2v) is 3.74. The lowest BCUT2D eigenvalue weighted by atomic mass is 10.1. The molecule has 0 radical (unpaired) electrons. The monoisotopic (exact) mass is 184 g/mol. The van der Waals surface area contributed by atoms with Crippen LogP contribution in [-0.2, 0) is 14.3 Å². The van der Waals surface area contributed by atoms with E-state index in [-0.39, 0.29) is 17.8 Å². The third-order valence-corrected chi connectivity index (χ3v) is 2.30. The maximum atomic E-state index is 11.2. The average molecular weight is 184 g/mol. The van der Waals surface area contributed by atoms with Crippen LogP contribution in [0.1, 0.15) is 20.8 Å². The summed E-state index contributed by atoms with van der Waals surface area (Å²) < 4.78 is 10.7. The van der Waals surface area contributed by atoms with Crippen LogP contribution >= 0.6 is 0 Å². The number of rotatable bonds is 3. The van der Waals surface area contributed by atoms with Gasteiger partial charge in [0.25, 0.3) is 0 Å². The summed E-state index contributed by atoms with van der Waals surface area (Å²) in [5.74, 6) is -0.597. The van der Waals surface area contributed by atoms with Gasteiger partial charge in [0, 0.05) is 13.0 Å². The molecule has 0 spiro atoms. The van der Waals surface area contributed by atoms with E-state index in [2.05, 4.69) is 0 Å². The Morgan fingerprint density at radius 2 is 2.08 bits per heavy atom. The van der Waals surface area contributed by atoms with E-state index < -0.39 is 5.79 Å². The molecule has 0 aliphatic heterocycles. The van der Waals surface area contributed by atoms with Crippen molar-refractivity contribution in [2.45, 2.75) is 32.7 Å². The number of carbonyl (C=O) groups excluding carboxylic acids is 1. The Labute approximate surface area is 78.7 Å². The summed E-state index contributed by atoms with van der Waals surface area (Å²) in [4.78, 5) is 11.2. The summed E-state index contributed by atoms with van der Waals surface area (Å²) in [6.45, 7) is 5.52. The fourth-order valence-corrected chi connectivity index (χ4v) is 1.19. The molecule has 0 bridgehead atoms. The summed E-state index contributed by atoms with van der Waals surface area (Å²) in [6.07, 6.45) is 3.21. The Bertz CT molecular complexity index is 230. The van der Waals surface area contributed by atoms with E-state index >= 15 is 0 Å². The first-order valence-electron chi connectivity index (χ1n) is 4.41. The van der Waals surface area contributed by atoms with Gasteiger partial charge in [0.05, 0.1) is 6.10 Å². The van der Waals surface area contributed by atoms with Crippen LogP contribution in [0.15, 0.2) is 12.2 Å². The molecule has 3 heteroatoms. The Kier molecular flexibility index (Phi) is 2.88. The molecule has 3 nitrogen and oxygen atoms in total. The minimum Gasteiger partial charge on any atom is -0.354 e.